The summed E-state index contributed by atoms with van der Waals surface area (Å²) >= 11 is 0. The maximum absolute atomic E-state index is 13.5. The predicted octanol–water partition coefficient (Wildman–Crippen LogP) is 23.8. The number of ether oxygens (including phenoxy) is 2. The van der Waals surface area contributed by atoms with E-state index in [9.17, 15) is 9.59 Å². The van der Waals surface area contributed by atoms with Crippen LogP contribution in [0.5, 0.6) is 11.5 Å². The molecule has 0 fully saturated rings. The minimum Gasteiger partial charge on any atom is -0.495 e. The molecule has 15 heteroatoms. The van der Waals surface area contributed by atoms with E-state index in [1.165, 1.54) is 66.7 Å². The van der Waals surface area contributed by atoms with Gasteiger partial charge in [0.1, 0.15) is 11.5 Å². The zero-order valence-corrected chi connectivity index (χ0v) is 73.7. The smallest absolute Gasteiger partial charge is 0.220 e. The number of carbonyl (C=O) groups excluding carboxylic acids is 2. The number of benzene rings is 2. The maximum atomic E-state index is 13.5. The van der Waals surface area contributed by atoms with Crippen LogP contribution in [0.15, 0.2) is 36.4 Å². The fourth-order valence-corrected chi connectivity index (χ4v) is 39.5. The van der Waals surface area contributed by atoms with E-state index >= 15 is 0 Å². The van der Waals surface area contributed by atoms with Gasteiger partial charge in [-0.3, -0.25) is 9.59 Å². The van der Waals surface area contributed by atoms with E-state index in [0.717, 1.165) is 88.9 Å². The topological polar surface area (TPSA) is 114 Å². The fourth-order valence-electron chi connectivity index (χ4n) is 17.6. The molecule has 10 nitrogen and oxygen atoms in total. The average molecular weight is 1470 g/mol. The van der Waals surface area contributed by atoms with Gasteiger partial charge in [-0.25, -0.2) is 0 Å². The van der Waals surface area contributed by atoms with Crippen LogP contribution < -0.4 is 20.1 Å². The third-order valence-corrected chi connectivity index (χ3v) is 46.4. The number of unbranched alkanes of at least 4 members (excludes halogenated alkanes) is 14. The SMILES string of the molecule is Cc1cc(OCCCCCCCCCCC(=O)NC(CO[Si](C(C)C)(C(C)C)C(C)C)CO[Si](C(C)C)(C(C)C)C(C)C)ccc1[C-](C)c1ccc(OCCCCCCCCCCC(=O)NC(CO[Si](C(C)C)(C(C)C)C(C)C)CO[Si](C(C)C)(C(C)C)C(C)C)cc1C.[Y]. The number of amides is 2. The molecule has 2 rings (SSSR count). The summed E-state index contributed by atoms with van der Waals surface area (Å²) in [4.78, 5) is 27.1. The minimum atomic E-state index is -2.11. The number of hydrogen-bond donors (Lipinski definition) is 2. The molecular formula is C80H151N2O8Si4Y-. The normalized spacial score (nSPS) is 13.0. The Bertz CT molecular complexity index is 2070. The van der Waals surface area contributed by atoms with Crippen molar-refractivity contribution in [3.8, 4) is 11.5 Å². The van der Waals surface area contributed by atoms with E-state index in [2.05, 4.69) is 234 Å². The van der Waals surface area contributed by atoms with Gasteiger partial charge in [0.25, 0.3) is 0 Å². The van der Waals surface area contributed by atoms with Crippen LogP contribution >= 0.6 is 0 Å². The van der Waals surface area contributed by atoms with Crippen molar-refractivity contribution in [1.82, 2.24) is 10.6 Å². The first kappa shape index (κ1) is 91.7. The van der Waals surface area contributed by atoms with Crippen LogP contribution in [0.25, 0.3) is 0 Å². The van der Waals surface area contributed by atoms with Crippen LogP contribution in [0, 0.1) is 19.8 Å². The molecule has 0 atom stereocenters. The standard InChI is InChI=1S/C80H151N2O8Si4.Y/c1-58(2)91(59(3)4,60(5)6)87-54-73(55-88-92(61(7)8,62(9)10)63(11)12)81-79(83)44-40-36-32-28-30-34-38-42-50-85-75-46-48-77(70(25)52-75)72(27)78-49-47-76(53-71(78)26)86-51-43-39-35-31-29-33-37-41-45-80(84)82-74(56-89-93(64(13)14,65(15)16)66(17)18)57-90-94(67(19)20,68(21)22)69(23)24;/h46-49,52-53,58-69,73-74H,28-45,50-51,54-57H2,1-27H3,(H,81,83)(H,82,84);/q-1;. The molecule has 0 aliphatic carbocycles. The molecule has 2 amide bonds. The molecule has 0 bridgehead atoms. The van der Waals surface area contributed by atoms with Crippen molar-refractivity contribution < 1.29 is 69.5 Å². The summed E-state index contributed by atoms with van der Waals surface area (Å²) in [5, 5.41) is 6.84. The van der Waals surface area contributed by atoms with Gasteiger partial charge in [0.05, 0.1) is 51.7 Å². The van der Waals surface area contributed by atoms with Crippen LogP contribution in [-0.2, 0) is 60.0 Å². The van der Waals surface area contributed by atoms with Crippen LogP contribution in [-0.4, -0.2) is 96.8 Å². The molecule has 2 N–H and O–H groups in total. The van der Waals surface area contributed by atoms with Crippen LogP contribution in [0.1, 0.15) is 311 Å². The third-order valence-electron chi connectivity index (χ3n) is 22.0. The molecule has 0 aliphatic rings. The summed E-state index contributed by atoms with van der Waals surface area (Å²) in [6, 6.07) is 12.8. The van der Waals surface area contributed by atoms with E-state index in [4.69, 9.17) is 27.2 Å². The van der Waals surface area contributed by atoms with E-state index < -0.39 is 33.3 Å². The summed E-state index contributed by atoms with van der Waals surface area (Å²) in [5.41, 5.74) is 10.8. The van der Waals surface area contributed by atoms with E-state index in [0.29, 0.717) is 106 Å². The number of rotatable bonds is 52. The molecule has 0 saturated heterocycles. The molecule has 95 heavy (non-hydrogen) atoms. The van der Waals surface area contributed by atoms with E-state index in [1.54, 1.807) is 0 Å². The summed E-state index contributed by atoms with van der Waals surface area (Å²) in [5.74, 6) is 3.40. The largest absolute Gasteiger partial charge is 0.495 e. The van der Waals surface area contributed by atoms with Gasteiger partial charge in [0.15, 0.2) is 33.3 Å². The van der Waals surface area contributed by atoms with Crippen molar-refractivity contribution in [2.75, 3.05) is 39.6 Å². The average Bonchev–Trinajstić information content (AvgIpc) is 0.835. The number of aryl methyl sites for hydroxylation is 2. The number of nitrogens with one attached hydrogen (secondary N) is 2. The first-order valence-corrected chi connectivity index (χ1v) is 47.1. The van der Waals surface area contributed by atoms with Gasteiger partial charge in [-0.2, -0.15) is 0 Å². The van der Waals surface area contributed by atoms with Crippen molar-refractivity contribution in [2.24, 2.45) is 0 Å². The van der Waals surface area contributed by atoms with Crippen molar-refractivity contribution in [3.05, 3.63) is 64.6 Å². The quantitative estimate of drug-likeness (QED) is 0.0383. The van der Waals surface area contributed by atoms with Gasteiger partial charge in [-0.05, 0) is 92.2 Å². The zero-order chi connectivity index (χ0) is 71.1. The summed E-state index contributed by atoms with van der Waals surface area (Å²) in [6.45, 7) is 66.1. The van der Waals surface area contributed by atoms with Crippen LogP contribution in [0.4, 0.5) is 0 Å². The Labute approximate surface area is 617 Å². The number of carbonyl (C=O) groups is 2. The second-order valence-corrected chi connectivity index (χ2v) is 54.3. The molecule has 0 saturated carbocycles. The maximum Gasteiger partial charge on any atom is 0.220 e. The van der Waals surface area contributed by atoms with E-state index in [1.807, 2.05) is 0 Å². The molecule has 2 aromatic rings. The Morgan fingerprint density at radius 1 is 0.347 bits per heavy atom. The summed E-state index contributed by atoms with van der Waals surface area (Å²) in [7, 11) is -8.42. The Hall–Kier alpha value is -1.34. The molecule has 1 radical (unpaired) electrons. The van der Waals surface area contributed by atoms with Crippen LogP contribution in [0.3, 0.4) is 0 Å². The van der Waals surface area contributed by atoms with Gasteiger partial charge in [-0.1, -0.05) is 288 Å². The van der Waals surface area contributed by atoms with Gasteiger partial charge >= 0.3 is 0 Å². The van der Waals surface area contributed by atoms with Crippen molar-refractivity contribution in [2.45, 2.75) is 381 Å². The first-order chi connectivity index (χ1) is 44.1. The minimum absolute atomic E-state index is 0. The Morgan fingerprint density at radius 3 is 0.768 bits per heavy atom. The van der Waals surface area contributed by atoms with Gasteiger partial charge in [0.2, 0.25) is 11.8 Å². The van der Waals surface area contributed by atoms with E-state index in [-0.39, 0.29) is 56.6 Å². The fraction of sp³-hybridized carbons (Fsp3) is 0.812. The summed E-state index contributed by atoms with van der Waals surface area (Å²) in [6.07, 6.45) is 19.1. The molecule has 0 spiro atoms. The molecule has 549 valence electrons. The van der Waals surface area contributed by atoms with Crippen molar-refractivity contribution >= 4 is 45.1 Å². The monoisotopic (exact) mass is 1470 g/mol. The predicted molar refractivity (Wildman–Crippen MR) is 415 cm³/mol. The molecule has 0 heterocycles. The Balaban J connectivity index is 0.0000451. The number of hydrogen-bond acceptors (Lipinski definition) is 8. The second-order valence-electron chi connectivity index (χ2n) is 32.5. The molecule has 0 unspecified atom stereocenters. The van der Waals surface area contributed by atoms with Crippen molar-refractivity contribution in [1.29, 1.82) is 0 Å². The molecule has 2 aromatic carbocycles. The second kappa shape index (κ2) is 46.3. The van der Waals surface area contributed by atoms with Gasteiger partial charge in [-0.15, -0.1) is 40.3 Å². The molecule has 0 aliphatic heterocycles. The van der Waals surface area contributed by atoms with Gasteiger partial charge < -0.3 is 37.8 Å². The molecule has 0 aromatic heterocycles. The first-order valence-electron chi connectivity index (χ1n) is 38.6. The molecular weight excluding hydrogens is 1320 g/mol. The Kier molecular flexibility index (Phi) is 44.7. The zero-order valence-electron chi connectivity index (χ0n) is 66.9. The van der Waals surface area contributed by atoms with Gasteiger partial charge in [0, 0.05) is 45.6 Å². The van der Waals surface area contributed by atoms with Crippen molar-refractivity contribution in [3.63, 3.8) is 0 Å². The Morgan fingerprint density at radius 2 is 0.558 bits per heavy atom. The summed E-state index contributed by atoms with van der Waals surface area (Å²) < 4.78 is 40.9. The third kappa shape index (κ3) is 28.1. The van der Waals surface area contributed by atoms with Crippen LogP contribution in [0.2, 0.25) is 66.5 Å².